The fourth-order valence-corrected chi connectivity index (χ4v) is 3.61. The first-order valence-electron chi connectivity index (χ1n) is 7.43. The quantitative estimate of drug-likeness (QED) is 0.309. The summed E-state index contributed by atoms with van der Waals surface area (Å²) in [5.41, 5.74) is 1.31. The van der Waals surface area contributed by atoms with Crippen LogP contribution in [0.1, 0.15) is 25.3 Å². The number of para-hydroxylation sites is 1. The molecule has 4 nitrogen and oxygen atoms in total. The molecule has 1 aromatic carbocycles. The summed E-state index contributed by atoms with van der Waals surface area (Å²) in [6.45, 7) is 22.8. The number of benzene rings is 1. The Morgan fingerprint density at radius 2 is 1.52 bits per heavy atom. The minimum absolute atomic E-state index is 0. The number of methoxy groups -OCH3 is 1. The fraction of sp³-hybridized carbons (Fsp3) is 0.421. The van der Waals surface area contributed by atoms with E-state index in [1.54, 1.807) is 7.11 Å². The Morgan fingerprint density at radius 1 is 1.00 bits per heavy atom. The van der Waals surface area contributed by atoms with Crippen molar-refractivity contribution in [1.82, 2.24) is 0 Å². The number of rotatable bonds is 6. The van der Waals surface area contributed by atoms with E-state index in [1.165, 1.54) is 17.2 Å². The predicted molar refractivity (Wildman–Crippen MR) is 95.5 cm³/mol. The van der Waals surface area contributed by atoms with Crippen LogP contribution in [0.3, 0.4) is 0 Å². The molecule has 0 saturated heterocycles. The molecule has 0 heterocycles. The molecule has 6 heteroatoms. The molecule has 0 aromatic heterocycles. The average Bonchev–Trinajstić information content (AvgIpc) is 2.63. The van der Waals surface area contributed by atoms with Gasteiger partial charge in [-0.25, -0.2) is 0 Å². The third-order valence-corrected chi connectivity index (χ3v) is 5.08. The summed E-state index contributed by atoms with van der Waals surface area (Å²) < 4.78 is 28.2. The zero-order valence-electron chi connectivity index (χ0n) is 15.5. The van der Waals surface area contributed by atoms with Crippen LogP contribution < -0.4 is 9.92 Å². The second-order valence-electron chi connectivity index (χ2n) is 5.71. The third-order valence-electron chi connectivity index (χ3n) is 3.07. The smallest absolute Gasteiger partial charge is 0 e. The minimum Gasteiger partial charge on any atom is 0 e. The fourth-order valence-electron chi connectivity index (χ4n) is 2.07. The first-order chi connectivity index (χ1) is 11.5. The van der Waals surface area contributed by atoms with E-state index in [0.717, 1.165) is 18.6 Å². The van der Waals surface area contributed by atoms with E-state index >= 15 is 0 Å². The van der Waals surface area contributed by atoms with Crippen molar-refractivity contribution in [2.45, 2.75) is 45.8 Å². The first kappa shape index (κ1) is 31.5. The van der Waals surface area contributed by atoms with Gasteiger partial charge in [0, 0.05) is 17.4 Å². The maximum atomic E-state index is 7.50. The van der Waals surface area contributed by atoms with E-state index in [2.05, 4.69) is 76.9 Å². The molecule has 0 N–H and O–H groups in total. The van der Waals surface area contributed by atoms with Crippen LogP contribution in [-0.4, -0.2) is 15.2 Å². The van der Waals surface area contributed by atoms with Gasteiger partial charge < -0.3 is 4.74 Å². The molecular formula is C19H26CrO4Si. The molecule has 0 unspecified atom stereocenters. The Bertz CT molecular complexity index is 514. The van der Waals surface area contributed by atoms with Gasteiger partial charge in [0.05, 0.1) is 15.2 Å². The van der Waals surface area contributed by atoms with E-state index in [-0.39, 0.29) is 17.4 Å². The van der Waals surface area contributed by atoms with Gasteiger partial charge in [-0.05, 0) is 23.6 Å². The molecule has 25 heavy (non-hydrogen) atoms. The molecule has 0 atom stereocenters. The van der Waals surface area contributed by atoms with Crippen molar-refractivity contribution in [1.29, 1.82) is 0 Å². The topological polar surface area (TPSA) is 68.9 Å². The Morgan fingerprint density at radius 3 is 1.92 bits per heavy atom. The van der Waals surface area contributed by atoms with E-state index in [9.17, 15) is 0 Å². The van der Waals surface area contributed by atoms with Crippen LogP contribution in [-0.2, 0) is 37.7 Å². The summed E-state index contributed by atoms with van der Waals surface area (Å²) in [5, 5.41) is 1.42. The maximum Gasteiger partial charge on any atom is 0 e. The molecule has 0 bridgehead atoms. The van der Waals surface area contributed by atoms with E-state index < -0.39 is 8.07 Å². The predicted octanol–water partition coefficient (Wildman–Crippen LogP) is 4.02. The monoisotopic (exact) mass is 398 g/mol. The summed E-state index contributed by atoms with van der Waals surface area (Å²) in [6, 6.07) is 6.57. The Kier molecular flexibility index (Phi) is 26.2. The van der Waals surface area contributed by atoms with Crippen molar-refractivity contribution in [3.05, 3.63) is 55.9 Å². The second kappa shape index (κ2) is 20.8. The zero-order valence-corrected chi connectivity index (χ0v) is 17.8. The maximum absolute atomic E-state index is 7.50. The summed E-state index contributed by atoms with van der Waals surface area (Å²) in [6.07, 6.45) is 7.87. The molecular weight excluding hydrogens is 372 g/mol. The first-order valence-corrected chi connectivity index (χ1v) is 10.9. The third kappa shape index (κ3) is 13.7. The van der Waals surface area contributed by atoms with Crippen LogP contribution in [0, 0.1) is 20.0 Å². The van der Waals surface area contributed by atoms with Crippen molar-refractivity contribution in [2.75, 3.05) is 7.11 Å². The van der Waals surface area contributed by atoms with Crippen molar-refractivity contribution < 1.29 is 36.1 Å². The number of unbranched alkanes of at least 4 members (excludes halogenated alkanes) is 1. The molecule has 0 aliphatic rings. The zero-order chi connectivity index (χ0) is 19.6. The second-order valence-corrected chi connectivity index (χ2v) is 10.8. The van der Waals surface area contributed by atoms with E-state index in [4.69, 9.17) is 18.7 Å². The number of hydrogen-bond donors (Lipinski definition) is 0. The van der Waals surface area contributed by atoms with Gasteiger partial charge in [-0.15, -0.1) is 0 Å². The number of hydrogen-bond acceptors (Lipinski definition) is 1. The van der Waals surface area contributed by atoms with Crippen LogP contribution in [0.2, 0.25) is 19.6 Å². The summed E-state index contributed by atoms with van der Waals surface area (Å²) in [4.78, 5) is 0. The molecule has 0 spiro atoms. The van der Waals surface area contributed by atoms with Crippen molar-refractivity contribution in [3.8, 4) is 5.75 Å². The molecule has 136 valence electrons. The van der Waals surface area contributed by atoms with Gasteiger partial charge in [0.1, 0.15) is 5.75 Å². The van der Waals surface area contributed by atoms with Crippen LogP contribution in [0.15, 0.2) is 30.4 Å². The van der Waals surface area contributed by atoms with Crippen LogP contribution >= 0.6 is 0 Å². The van der Waals surface area contributed by atoms with Crippen molar-refractivity contribution in [2.24, 2.45) is 0 Å². The van der Waals surface area contributed by atoms with Crippen LogP contribution in [0.4, 0.5) is 0 Å². The normalized spacial score (nSPS) is 8.92. The van der Waals surface area contributed by atoms with Gasteiger partial charge in [-0.2, -0.15) is 0 Å². The number of allylic oxidation sites excluding steroid dienone is 2. The van der Waals surface area contributed by atoms with Crippen molar-refractivity contribution >= 4 is 13.3 Å². The van der Waals surface area contributed by atoms with Gasteiger partial charge in [0.15, 0.2) is 0 Å². The van der Waals surface area contributed by atoms with E-state index in [1.807, 2.05) is 0 Å². The molecule has 0 fully saturated rings. The van der Waals surface area contributed by atoms with Gasteiger partial charge >= 0.3 is 33.9 Å². The van der Waals surface area contributed by atoms with Crippen LogP contribution in [0.5, 0.6) is 5.75 Å². The van der Waals surface area contributed by atoms with Crippen molar-refractivity contribution in [3.63, 3.8) is 0 Å². The Labute approximate surface area is 164 Å². The van der Waals surface area contributed by atoms with Gasteiger partial charge in [-0.3, -0.25) is 0 Å². The largest absolute Gasteiger partial charge is 0 e. The Hall–Kier alpha value is -1.27. The summed E-state index contributed by atoms with van der Waals surface area (Å²) in [7, 11) is 0.456. The summed E-state index contributed by atoms with van der Waals surface area (Å²) in [5.74, 6) is 1.11. The standard InChI is InChI=1S/C16H26OSi.3CO.Cr/c1-6-7-8-9-11-14-12-10-13-15(16(14)17-2)18(3,4)5;3*1-2;/h8-10,12-13H,6-7,11H2,1-5H3;;;;/b9-8+;;;;. The molecule has 0 saturated carbocycles. The minimum atomic E-state index is -1.33. The molecule has 0 aliphatic carbocycles. The van der Waals surface area contributed by atoms with Crippen LogP contribution in [0.25, 0.3) is 0 Å². The molecule has 0 amide bonds. The summed E-state index contributed by atoms with van der Waals surface area (Å²) >= 11 is 0. The SMILES string of the molecule is CCC/C=C/Cc1cccc([Si](C)(C)C)c1OC.[C-]#[O+].[C-]#[O+].[C-]#[O+].[Cr]. The van der Waals surface area contributed by atoms with Gasteiger partial charge in [0.25, 0.3) is 0 Å². The van der Waals surface area contributed by atoms with Gasteiger partial charge in [-0.1, -0.05) is 63.3 Å². The Balaban J connectivity index is -0.000000284. The average molecular weight is 398 g/mol. The van der Waals surface area contributed by atoms with E-state index in [0.29, 0.717) is 0 Å². The molecule has 0 aliphatic heterocycles. The molecule has 1 rings (SSSR count). The molecule has 1 aromatic rings. The molecule has 0 radical (unpaired) electrons. The number of ether oxygens (including phenoxy) is 1. The van der Waals surface area contributed by atoms with Gasteiger partial charge in [0.2, 0.25) is 0 Å².